The van der Waals surface area contributed by atoms with E-state index in [1.807, 2.05) is 30.3 Å². The third-order valence-corrected chi connectivity index (χ3v) is 6.01. The van der Waals surface area contributed by atoms with E-state index >= 15 is 0 Å². The summed E-state index contributed by atoms with van der Waals surface area (Å²) in [6.45, 7) is 5.01. The predicted octanol–water partition coefficient (Wildman–Crippen LogP) is 3.14. The number of hydrogen-bond donors (Lipinski definition) is 1. The maximum Gasteiger partial charge on any atom is 0.227 e. The van der Waals surface area contributed by atoms with Gasteiger partial charge in [0.05, 0.1) is 12.2 Å². The van der Waals surface area contributed by atoms with E-state index in [1.54, 1.807) is 4.90 Å². The molecule has 0 bridgehead atoms. The van der Waals surface area contributed by atoms with Crippen LogP contribution in [0.4, 0.5) is 5.69 Å². The highest BCUT2D eigenvalue weighted by atomic mass is 16.5. The second kappa shape index (κ2) is 9.30. The Labute approximate surface area is 177 Å². The van der Waals surface area contributed by atoms with Gasteiger partial charge in [-0.25, -0.2) is 0 Å². The van der Waals surface area contributed by atoms with Gasteiger partial charge in [0.25, 0.3) is 0 Å². The molecule has 2 aromatic rings. The van der Waals surface area contributed by atoms with Crippen molar-refractivity contribution in [2.75, 3.05) is 31.1 Å². The van der Waals surface area contributed by atoms with Gasteiger partial charge in [0, 0.05) is 38.0 Å². The van der Waals surface area contributed by atoms with Crippen molar-refractivity contribution < 1.29 is 14.3 Å². The highest BCUT2D eigenvalue weighted by molar-refractivity contribution is 5.97. The molecule has 6 nitrogen and oxygen atoms in total. The molecule has 1 fully saturated rings. The quantitative estimate of drug-likeness (QED) is 0.799. The van der Waals surface area contributed by atoms with Gasteiger partial charge in [-0.2, -0.15) is 0 Å². The van der Waals surface area contributed by atoms with Crippen molar-refractivity contribution in [2.45, 2.75) is 38.3 Å². The second-order valence-corrected chi connectivity index (χ2v) is 8.00. The molecular weight excluding hydrogens is 378 g/mol. The molecule has 2 unspecified atom stereocenters. The number of hydrogen-bond acceptors (Lipinski definition) is 4. The van der Waals surface area contributed by atoms with Crippen LogP contribution in [0, 0.1) is 0 Å². The number of benzene rings is 2. The van der Waals surface area contributed by atoms with Gasteiger partial charge in [-0.05, 0) is 31.0 Å². The van der Waals surface area contributed by atoms with Crippen LogP contribution < -0.4 is 15.0 Å². The third-order valence-electron chi connectivity index (χ3n) is 6.01. The molecule has 30 heavy (non-hydrogen) atoms. The summed E-state index contributed by atoms with van der Waals surface area (Å²) >= 11 is 0. The number of carbonyl (C=O) groups is 2. The van der Waals surface area contributed by atoms with Gasteiger partial charge >= 0.3 is 0 Å². The number of anilines is 1. The first-order chi connectivity index (χ1) is 14.6. The Morgan fingerprint density at radius 1 is 1.07 bits per heavy atom. The second-order valence-electron chi connectivity index (χ2n) is 8.00. The molecule has 0 radical (unpaired) electrons. The van der Waals surface area contributed by atoms with Crippen LogP contribution in [-0.2, 0) is 9.59 Å². The Kier molecular flexibility index (Phi) is 6.33. The first-order valence-corrected chi connectivity index (χ1v) is 10.7. The van der Waals surface area contributed by atoms with Crippen molar-refractivity contribution in [3.63, 3.8) is 0 Å². The van der Waals surface area contributed by atoms with Crippen molar-refractivity contribution in [1.82, 2.24) is 10.2 Å². The van der Waals surface area contributed by atoms with Gasteiger partial charge in [0.15, 0.2) is 0 Å². The molecule has 2 aliphatic rings. The lowest BCUT2D eigenvalue weighted by Crippen LogP contribution is -2.40. The van der Waals surface area contributed by atoms with E-state index in [-0.39, 0.29) is 30.7 Å². The predicted molar refractivity (Wildman–Crippen MR) is 117 cm³/mol. The van der Waals surface area contributed by atoms with E-state index < -0.39 is 0 Å². The normalized spacial score (nSPS) is 19.6. The number of rotatable bonds is 6. The summed E-state index contributed by atoms with van der Waals surface area (Å²) in [7, 11) is 0. The zero-order valence-electron chi connectivity index (χ0n) is 17.4. The maximum absolute atomic E-state index is 12.7. The van der Waals surface area contributed by atoms with Crippen LogP contribution in [0.1, 0.15) is 37.8 Å². The number of likely N-dealkylation sites (tertiary alicyclic amines) is 1. The fourth-order valence-electron chi connectivity index (χ4n) is 4.28. The molecule has 2 heterocycles. The molecule has 0 spiro atoms. The van der Waals surface area contributed by atoms with Crippen molar-refractivity contribution in [3.05, 3.63) is 60.2 Å². The Bertz CT molecular complexity index is 886. The molecule has 1 saturated heterocycles. The highest BCUT2D eigenvalue weighted by Crippen LogP contribution is 2.31. The summed E-state index contributed by atoms with van der Waals surface area (Å²) < 4.78 is 5.60. The minimum Gasteiger partial charge on any atom is -0.490 e. The first-order valence-electron chi connectivity index (χ1n) is 10.7. The van der Waals surface area contributed by atoms with E-state index in [0.717, 1.165) is 30.9 Å². The minimum atomic E-state index is -0.0518. The molecule has 2 aromatic carbocycles. The molecule has 158 valence electrons. The Hall–Kier alpha value is -2.86. The molecular formula is C24H29N3O3. The summed E-state index contributed by atoms with van der Waals surface area (Å²) in [5, 5.41) is 3.12. The minimum absolute atomic E-state index is 0.0355. The van der Waals surface area contributed by atoms with Crippen LogP contribution in [0.5, 0.6) is 5.75 Å². The molecule has 2 aliphatic heterocycles. The smallest absolute Gasteiger partial charge is 0.227 e. The molecule has 6 heteroatoms. The van der Waals surface area contributed by atoms with Gasteiger partial charge in [0.1, 0.15) is 12.4 Å². The molecule has 2 amide bonds. The zero-order valence-corrected chi connectivity index (χ0v) is 17.4. The monoisotopic (exact) mass is 407 g/mol. The fraction of sp³-hybridized carbons (Fsp3) is 0.417. The van der Waals surface area contributed by atoms with E-state index in [9.17, 15) is 9.59 Å². The Balaban J connectivity index is 1.24. The highest BCUT2D eigenvalue weighted by Gasteiger charge is 2.28. The van der Waals surface area contributed by atoms with Gasteiger partial charge in [-0.15, -0.1) is 0 Å². The number of nitrogens with one attached hydrogen (secondary N) is 1. The van der Waals surface area contributed by atoms with Crippen LogP contribution in [0.3, 0.4) is 0 Å². The van der Waals surface area contributed by atoms with Crippen LogP contribution in [0.2, 0.25) is 0 Å². The number of carbonyl (C=O) groups excluding carboxylic acids is 2. The first kappa shape index (κ1) is 20.4. The summed E-state index contributed by atoms with van der Waals surface area (Å²) in [5.74, 6) is 0.635. The van der Waals surface area contributed by atoms with Crippen molar-refractivity contribution in [2.24, 2.45) is 0 Å². The van der Waals surface area contributed by atoms with Crippen molar-refractivity contribution in [1.29, 1.82) is 0 Å². The summed E-state index contributed by atoms with van der Waals surface area (Å²) in [6.07, 6.45) is 1.35. The summed E-state index contributed by atoms with van der Waals surface area (Å²) in [5.41, 5.74) is 2.08. The summed E-state index contributed by atoms with van der Waals surface area (Å²) in [6, 6.07) is 18.4. The van der Waals surface area contributed by atoms with Crippen molar-refractivity contribution in [3.8, 4) is 5.75 Å². The molecule has 4 rings (SSSR count). The SMILES string of the molecule is CC(c1ccccc1)N1CCC(NC(=O)CCC(=O)N2CCOc3ccccc32)C1. The van der Waals surface area contributed by atoms with Gasteiger partial charge < -0.3 is 15.0 Å². The van der Waals surface area contributed by atoms with Crippen LogP contribution in [0.25, 0.3) is 0 Å². The lowest BCUT2D eigenvalue weighted by Gasteiger charge is -2.29. The third kappa shape index (κ3) is 4.65. The number of para-hydroxylation sites is 2. The standard InChI is InChI=1S/C24H29N3O3/c1-18(19-7-3-2-4-8-19)26-14-13-20(17-26)25-23(28)11-12-24(29)27-15-16-30-22-10-6-5-9-21(22)27/h2-10,18,20H,11-17H2,1H3,(H,25,28). The van der Waals surface area contributed by atoms with E-state index in [0.29, 0.717) is 19.2 Å². The fourth-order valence-corrected chi connectivity index (χ4v) is 4.28. The molecule has 0 aliphatic carbocycles. The number of nitrogens with zero attached hydrogens (tertiary/aromatic N) is 2. The molecule has 0 saturated carbocycles. The number of amides is 2. The topological polar surface area (TPSA) is 61.9 Å². The molecule has 1 N–H and O–H groups in total. The van der Waals surface area contributed by atoms with Crippen LogP contribution in [0.15, 0.2) is 54.6 Å². The zero-order chi connectivity index (χ0) is 20.9. The number of fused-ring (bicyclic) bond motifs is 1. The Morgan fingerprint density at radius 3 is 2.67 bits per heavy atom. The lowest BCUT2D eigenvalue weighted by atomic mass is 10.1. The molecule has 2 atom stereocenters. The summed E-state index contributed by atoms with van der Waals surface area (Å²) in [4.78, 5) is 29.3. The molecule has 0 aromatic heterocycles. The largest absolute Gasteiger partial charge is 0.490 e. The van der Waals surface area contributed by atoms with Gasteiger partial charge in [-0.3, -0.25) is 14.5 Å². The van der Waals surface area contributed by atoms with Crippen molar-refractivity contribution >= 4 is 17.5 Å². The maximum atomic E-state index is 12.7. The average Bonchev–Trinajstić information content (AvgIpc) is 3.25. The van der Waals surface area contributed by atoms with Gasteiger partial charge in [0.2, 0.25) is 11.8 Å². The number of ether oxygens (including phenoxy) is 1. The van der Waals surface area contributed by atoms with Crippen LogP contribution >= 0.6 is 0 Å². The lowest BCUT2D eigenvalue weighted by molar-refractivity contribution is -0.125. The van der Waals surface area contributed by atoms with E-state index in [1.165, 1.54) is 5.56 Å². The Morgan fingerprint density at radius 2 is 1.83 bits per heavy atom. The van der Waals surface area contributed by atoms with Gasteiger partial charge in [-0.1, -0.05) is 42.5 Å². The average molecular weight is 408 g/mol. The van der Waals surface area contributed by atoms with Crippen LogP contribution in [-0.4, -0.2) is 49.0 Å². The van der Waals surface area contributed by atoms with E-state index in [4.69, 9.17) is 4.74 Å². The van der Waals surface area contributed by atoms with E-state index in [2.05, 4.69) is 41.4 Å².